The van der Waals surface area contributed by atoms with Crippen LogP contribution >= 0.6 is 0 Å². The molecule has 3 N–H and O–H groups in total. The van der Waals surface area contributed by atoms with E-state index >= 15 is 0 Å². The minimum Gasteiger partial charge on any atom is -0.396 e. The molecule has 1 aromatic carbocycles. The van der Waals surface area contributed by atoms with Gasteiger partial charge in [-0.1, -0.05) is 0 Å². The van der Waals surface area contributed by atoms with E-state index in [4.69, 9.17) is 10.8 Å². The first kappa shape index (κ1) is 12.0. The number of aliphatic hydroxyl groups excluding tert-OH is 1. The van der Waals surface area contributed by atoms with Gasteiger partial charge in [-0.25, -0.2) is 13.2 Å². The Morgan fingerprint density at radius 2 is 1.73 bits per heavy atom. The molecular formula is C10H12F3NO. The molecule has 1 atom stereocenters. The quantitative estimate of drug-likeness (QED) is 0.812. The van der Waals surface area contributed by atoms with Crippen molar-refractivity contribution in [1.82, 2.24) is 0 Å². The summed E-state index contributed by atoms with van der Waals surface area (Å²) in [6.45, 7) is -0.0991. The molecule has 0 amide bonds. The van der Waals surface area contributed by atoms with Gasteiger partial charge in [0, 0.05) is 30.3 Å². The molecule has 0 saturated carbocycles. The molecule has 0 aliphatic heterocycles. The second-order valence-electron chi connectivity index (χ2n) is 3.26. The summed E-state index contributed by atoms with van der Waals surface area (Å²) < 4.78 is 38.9. The van der Waals surface area contributed by atoms with Gasteiger partial charge >= 0.3 is 0 Å². The summed E-state index contributed by atoms with van der Waals surface area (Å²) in [6, 6.07) is 0.326. The highest BCUT2D eigenvalue weighted by atomic mass is 19.1. The van der Waals surface area contributed by atoms with Gasteiger partial charge in [0.25, 0.3) is 0 Å². The fraction of sp³-hybridized carbons (Fsp3) is 0.400. The van der Waals surface area contributed by atoms with Gasteiger partial charge in [-0.2, -0.15) is 0 Å². The zero-order chi connectivity index (χ0) is 11.4. The van der Waals surface area contributed by atoms with Gasteiger partial charge in [0.2, 0.25) is 0 Å². The van der Waals surface area contributed by atoms with Crippen LogP contribution in [0, 0.1) is 17.5 Å². The molecule has 84 valence electrons. The molecule has 1 aromatic rings. The van der Waals surface area contributed by atoms with E-state index in [-0.39, 0.29) is 18.6 Å². The van der Waals surface area contributed by atoms with E-state index in [1.807, 2.05) is 0 Å². The normalized spacial score (nSPS) is 12.9. The smallest absolute Gasteiger partial charge is 0.133 e. The molecule has 0 aliphatic rings. The van der Waals surface area contributed by atoms with Crippen LogP contribution in [0.1, 0.15) is 24.4 Å². The van der Waals surface area contributed by atoms with E-state index in [9.17, 15) is 13.2 Å². The van der Waals surface area contributed by atoms with Crippen LogP contribution in [0.3, 0.4) is 0 Å². The predicted molar refractivity (Wildman–Crippen MR) is 49.6 cm³/mol. The number of halogens is 3. The van der Waals surface area contributed by atoms with Crippen molar-refractivity contribution < 1.29 is 18.3 Å². The largest absolute Gasteiger partial charge is 0.396 e. The first-order chi connectivity index (χ1) is 7.06. The van der Waals surface area contributed by atoms with Crippen molar-refractivity contribution in [2.45, 2.75) is 18.9 Å². The fourth-order valence-corrected chi connectivity index (χ4v) is 1.36. The van der Waals surface area contributed by atoms with Crippen molar-refractivity contribution >= 4 is 0 Å². The summed E-state index contributed by atoms with van der Waals surface area (Å²) in [7, 11) is 0. The van der Waals surface area contributed by atoms with Crippen LogP contribution in [0.2, 0.25) is 0 Å². The van der Waals surface area contributed by atoms with Crippen molar-refractivity contribution in [2.24, 2.45) is 5.73 Å². The van der Waals surface area contributed by atoms with Gasteiger partial charge in [0.15, 0.2) is 0 Å². The molecule has 0 fully saturated rings. The molecule has 0 heterocycles. The third-order valence-corrected chi connectivity index (χ3v) is 2.09. The van der Waals surface area contributed by atoms with E-state index < -0.39 is 23.5 Å². The Labute approximate surface area is 85.5 Å². The number of benzene rings is 1. The molecule has 0 saturated heterocycles. The Morgan fingerprint density at radius 1 is 1.20 bits per heavy atom. The van der Waals surface area contributed by atoms with Crippen LogP contribution < -0.4 is 5.73 Å². The molecule has 2 nitrogen and oxygen atoms in total. The molecule has 0 aromatic heterocycles. The minimum atomic E-state index is -0.988. The molecule has 0 aliphatic carbocycles. The Bertz CT molecular complexity index is 320. The first-order valence-electron chi connectivity index (χ1n) is 4.57. The van der Waals surface area contributed by atoms with Crippen molar-refractivity contribution in [3.05, 3.63) is 35.1 Å². The van der Waals surface area contributed by atoms with Crippen LogP contribution in [0.15, 0.2) is 12.1 Å². The second-order valence-corrected chi connectivity index (χ2v) is 3.26. The molecule has 0 bridgehead atoms. The zero-order valence-electron chi connectivity index (χ0n) is 8.01. The van der Waals surface area contributed by atoms with Crippen molar-refractivity contribution in [3.63, 3.8) is 0 Å². The highest BCUT2D eigenvalue weighted by molar-refractivity contribution is 5.23. The Morgan fingerprint density at radius 3 is 2.20 bits per heavy atom. The summed E-state index contributed by atoms with van der Waals surface area (Å²) in [6.07, 6.45) is 0.591. The summed E-state index contributed by atoms with van der Waals surface area (Å²) in [4.78, 5) is 0. The number of rotatable bonds is 4. The molecule has 0 unspecified atom stereocenters. The summed E-state index contributed by atoms with van der Waals surface area (Å²) >= 11 is 0. The van der Waals surface area contributed by atoms with Gasteiger partial charge in [-0.15, -0.1) is 0 Å². The predicted octanol–water partition coefficient (Wildman–Crippen LogP) is 1.88. The van der Waals surface area contributed by atoms with Crippen LogP contribution in [0.25, 0.3) is 0 Å². The third-order valence-electron chi connectivity index (χ3n) is 2.09. The highest BCUT2D eigenvalue weighted by Crippen LogP contribution is 2.23. The van der Waals surface area contributed by atoms with E-state index in [0.29, 0.717) is 18.6 Å². The first-order valence-corrected chi connectivity index (χ1v) is 4.57. The van der Waals surface area contributed by atoms with E-state index in [2.05, 4.69) is 0 Å². The SMILES string of the molecule is N[C@@H](CCCO)c1c(F)cc(F)cc1F. The lowest BCUT2D eigenvalue weighted by Crippen LogP contribution is -2.15. The van der Waals surface area contributed by atoms with Gasteiger partial charge in [0.1, 0.15) is 17.5 Å². The third kappa shape index (κ3) is 2.94. The lowest BCUT2D eigenvalue weighted by Gasteiger charge is -2.13. The van der Waals surface area contributed by atoms with Crippen LogP contribution in [0.5, 0.6) is 0 Å². The van der Waals surface area contributed by atoms with Crippen molar-refractivity contribution in [3.8, 4) is 0 Å². The molecular weight excluding hydrogens is 207 g/mol. The average Bonchev–Trinajstić information content (AvgIpc) is 2.12. The van der Waals surface area contributed by atoms with Gasteiger partial charge in [0.05, 0.1) is 0 Å². The topological polar surface area (TPSA) is 46.2 Å². The maximum Gasteiger partial charge on any atom is 0.133 e. The maximum absolute atomic E-state index is 13.2. The van der Waals surface area contributed by atoms with Crippen LogP contribution in [-0.2, 0) is 0 Å². The zero-order valence-corrected chi connectivity index (χ0v) is 8.01. The molecule has 1 rings (SSSR count). The molecule has 5 heteroatoms. The number of aliphatic hydroxyl groups is 1. The van der Waals surface area contributed by atoms with Crippen molar-refractivity contribution in [2.75, 3.05) is 6.61 Å². The van der Waals surface area contributed by atoms with Gasteiger partial charge in [-0.3, -0.25) is 0 Å². The summed E-state index contributed by atoms with van der Waals surface area (Å²) in [5, 5.41) is 8.54. The second kappa shape index (κ2) is 5.14. The fourth-order valence-electron chi connectivity index (χ4n) is 1.36. The standard InChI is InChI=1S/C10H12F3NO/c11-6-4-7(12)10(8(13)5-6)9(14)2-1-3-15/h4-5,9,15H,1-3,14H2/t9-/m0/s1. The summed E-state index contributed by atoms with van der Waals surface area (Å²) in [5.74, 6) is -2.95. The lowest BCUT2D eigenvalue weighted by molar-refractivity contribution is 0.278. The van der Waals surface area contributed by atoms with Crippen molar-refractivity contribution in [1.29, 1.82) is 0 Å². The Kier molecular flexibility index (Phi) is 4.11. The minimum absolute atomic E-state index is 0.0991. The van der Waals surface area contributed by atoms with E-state index in [1.165, 1.54) is 0 Å². The Hall–Kier alpha value is -1.07. The molecule has 0 spiro atoms. The molecule has 0 radical (unpaired) electrons. The number of hydrogen-bond acceptors (Lipinski definition) is 2. The summed E-state index contributed by atoms with van der Waals surface area (Å²) in [5.41, 5.74) is 5.19. The van der Waals surface area contributed by atoms with E-state index in [1.54, 1.807) is 0 Å². The van der Waals surface area contributed by atoms with Crippen LogP contribution in [-0.4, -0.2) is 11.7 Å². The van der Waals surface area contributed by atoms with Gasteiger partial charge < -0.3 is 10.8 Å². The average molecular weight is 219 g/mol. The monoisotopic (exact) mass is 219 g/mol. The maximum atomic E-state index is 13.2. The highest BCUT2D eigenvalue weighted by Gasteiger charge is 2.17. The number of nitrogens with two attached hydrogens (primary N) is 1. The van der Waals surface area contributed by atoms with Crippen LogP contribution in [0.4, 0.5) is 13.2 Å². The number of hydrogen-bond donors (Lipinski definition) is 2. The van der Waals surface area contributed by atoms with E-state index in [0.717, 1.165) is 0 Å². The lowest BCUT2D eigenvalue weighted by atomic mass is 10.0. The Balaban J connectivity index is 2.92. The van der Waals surface area contributed by atoms with Gasteiger partial charge in [-0.05, 0) is 12.8 Å². The molecule has 15 heavy (non-hydrogen) atoms.